The zero-order valence-electron chi connectivity index (χ0n) is 9.54. The lowest BCUT2D eigenvalue weighted by Gasteiger charge is -2.16. The van der Waals surface area contributed by atoms with Gasteiger partial charge >= 0.3 is 12.3 Å². The Balaban J connectivity index is 3.31. The molecule has 0 unspecified atom stereocenters. The van der Waals surface area contributed by atoms with Gasteiger partial charge < -0.3 is 15.6 Å². The number of alkyl halides is 3. The number of aromatic carboxylic acids is 1. The summed E-state index contributed by atoms with van der Waals surface area (Å²) in [5.74, 6) is -2.02. The van der Waals surface area contributed by atoms with Crippen molar-refractivity contribution in [3.05, 3.63) is 23.3 Å². The van der Waals surface area contributed by atoms with Gasteiger partial charge in [-0.3, -0.25) is 0 Å². The highest BCUT2D eigenvalue weighted by atomic mass is 19.4. The molecule has 100 valence electrons. The maximum absolute atomic E-state index is 12.2. The summed E-state index contributed by atoms with van der Waals surface area (Å²) < 4.78 is 40.6. The van der Waals surface area contributed by atoms with Crippen LogP contribution in [0, 0.1) is 0 Å². The molecule has 0 aromatic heterocycles. The minimum atomic E-state index is -4.91. The molecule has 0 heterocycles. The van der Waals surface area contributed by atoms with Gasteiger partial charge in [0.1, 0.15) is 0 Å². The van der Waals surface area contributed by atoms with E-state index in [0.29, 0.717) is 12.8 Å². The van der Waals surface area contributed by atoms with Crippen LogP contribution in [0.1, 0.15) is 29.3 Å². The number of carboxylic acids is 1. The Kier molecular flexibility index (Phi) is 4.05. The van der Waals surface area contributed by atoms with Crippen LogP contribution in [0.3, 0.4) is 0 Å². The Bertz CT molecular complexity index is 458. The molecule has 0 saturated heterocycles. The number of anilines is 1. The molecule has 7 heteroatoms. The number of hydrogen-bond donors (Lipinski definition) is 2. The average Bonchev–Trinajstić information content (AvgIpc) is 2.21. The lowest BCUT2D eigenvalue weighted by atomic mass is 10.0. The first-order chi connectivity index (χ1) is 8.26. The summed E-state index contributed by atoms with van der Waals surface area (Å²) in [6, 6.07) is 2.45. The lowest BCUT2D eigenvalue weighted by Crippen LogP contribution is -2.20. The van der Waals surface area contributed by atoms with Crippen molar-refractivity contribution in [3.63, 3.8) is 0 Å². The Morgan fingerprint density at radius 1 is 1.44 bits per heavy atom. The largest absolute Gasteiger partial charge is 0.573 e. The van der Waals surface area contributed by atoms with Crippen molar-refractivity contribution in [2.75, 3.05) is 5.73 Å². The van der Waals surface area contributed by atoms with Gasteiger partial charge in [-0.05, 0) is 18.1 Å². The number of benzene rings is 1. The molecule has 0 amide bonds. The predicted molar refractivity (Wildman–Crippen MR) is 58.5 cm³/mol. The van der Waals surface area contributed by atoms with E-state index in [9.17, 15) is 18.0 Å². The molecule has 4 nitrogen and oxygen atoms in total. The van der Waals surface area contributed by atoms with E-state index in [1.807, 2.05) is 0 Å². The van der Waals surface area contributed by atoms with Crippen LogP contribution in [0.15, 0.2) is 12.1 Å². The van der Waals surface area contributed by atoms with Crippen molar-refractivity contribution in [1.29, 1.82) is 0 Å². The second-order valence-electron chi connectivity index (χ2n) is 3.62. The molecule has 0 bridgehead atoms. The van der Waals surface area contributed by atoms with Crippen molar-refractivity contribution in [2.24, 2.45) is 0 Å². The smallest absolute Gasteiger partial charge is 0.478 e. The van der Waals surface area contributed by atoms with Gasteiger partial charge in [-0.2, -0.15) is 0 Å². The molecule has 0 fully saturated rings. The van der Waals surface area contributed by atoms with Crippen LogP contribution in [0.2, 0.25) is 0 Å². The van der Waals surface area contributed by atoms with Crippen molar-refractivity contribution >= 4 is 11.7 Å². The van der Waals surface area contributed by atoms with Gasteiger partial charge in [0.25, 0.3) is 0 Å². The number of halogens is 3. The number of nitrogen functional groups attached to an aromatic ring is 1. The zero-order chi connectivity index (χ0) is 13.9. The Morgan fingerprint density at radius 2 is 2.06 bits per heavy atom. The van der Waals surface area contributed by atoms with Crippen LogP contribution in [0.25, 0.3) is 0 Å². The second-order valence-corrected chi connectivity index (χ2v) is 3.62. The first kappa shape index (κ1) is 14.1. The first-order valence-electron chi connectivity index (χ1n) is 5.16. The zero-order valence-corrected chi connectivity index (χ0v) is 9.54. The molecule has 0 aliphatic rings. The number of rotatable bonds is 4. The molecule has 1 aromatic carbocycles. The van der Waals surface area contributed by atoms with E-state index in [0.717, 1.165) is 0 Å². The topological polar surface area (TPSA) is 72.5 Å². The third kappa shape index (κ3) is 3.28. The van der Waals surface area contributed by atoms with Crippen LogP contribution in [0.5, 0.6) is 5.75 Å². The van der Waals surface area contributed by atoms with Crippen molar-refractivity contribution in [2.45, 2.75) is 26.1 Å². The van der Waals surface area contributed by atoms with Gasteiger partial charge in [-0.1, -0.05) is 19.4 Å². The summed E-state index contributed by atoms with van der Waals surface area (Å²) in [6.45, 7) is 1.78. The fraction of sp³-hybridized carbons (Fsp3) is 0.364. The highest BCUT2D eigenvalue weighted by Gasteiger charge is 2.33. The van der Waals surface area contributed by atoms with E-state index >= 15 is 0 Å². The standard InChI is InChI=1S/C11H12F3NO3/c1-2-3-6-4-5-7(10(16)17)8(15)9(6)18-11(12,13)14/h4-5H,2-3,15H2,1H3,(H,16,17). The van der Waals surface area contributed by atoms with Crippen LogP contribution in [-0.4, -0.2) is 17.4 Å². The summed E-state index contributed by atoms with van der Waals surface area (Å²) in [4.78, 5) is 10.8. The third-order valence-corrected chi connectivity index (χ3v) is 2.25. The van der Waals surface area contributed by atoms with Crippen LogP contribution >= 0.6 is 0 Å². The van der Waals surface area contributed by atoms with Crippen LogP contribution in [0.4, 0.5) is 18.9 Å². The summed E-state index contributed by atoms with van der Waals surface area (Å²) in [6.07, 6.45) is -4.01. The van der Waals surface area contributed by atoms with E-state index in [1.54, 1.807) is 6.92 Å². The van der Waals surface area contributed by atoms with E-state index in [2.05, 4.69) is 4.74 Å². The van der Waals surface area contributed by atoms with Crippen molar-refractivity contribution in [3.8, 4) is 5.75 Å². The van der Waals surface area contributed by atoms with Crippen LogP contribution in [-0.2, 0) is 6.42 Å². The van der Waals surface area contributed by atoms with Crippen LogP contribution < -0.4 is 10.5 Å². The Morgan fingerprint density at radius 3 is 2.50 bits per heavy atom. The summed E-state index contributed by atoms with van der Waals surface area (Å²) in [5.41, 5.74) is 4.73. The van der Waals surface area contributed by atoms with E-state index < -0.39 is 29.3 Å². The highest BCUT2D eigenvalue weighted by Crippen LogP contribution is 2.35. The highest BCUT2D eigenvalue weighted by molar-refractivity contribution is 5.95. The summed E-state index contributed by atoms with van der Waals surface area (Å²) in [7, 11) is 0. The molecule has 3 N–H and O–H groups in total. The molecule has 0 spiro atoms. The Labute approximate surface area is 101 Å². The predicted octanol–water partition coefficient (Wildman–Crippen LogP) is 2.82. The number of carboxylic acid groups (broad SMARTS) is 1. The normalized spacial score (nSPS) is 11.3. The van der Waals surface area contributed by atoms with E-state index in [-0.39, 0.29) is 5.56 Å². The molecular weight excluding hydrogens is 251 g/mol. The van der Waals surface area contributed by atoms with Gasteiger partial charge in [0.2, 0.25) is 0 Å². The van der Waals surface area contributed by atoms with Gasteiger partial charge in [0, 0.05) is 0 Å². The lowest BCUT2D eigenvalue weighted by molar-refractivity contribution is -0.274. The molecule has 18 heavy (non-hydrogen) atoms. The third-order valence-electron chi connectivity index (χ3n) is 2.25. The number of ether oxygens (including phenoxy) is 1. The number of hydrogen-bond acceptors (Lipinski definition) is 3. The van der Waals surface area contributed by atoms with Crippen molar-refractivity contribution < 1.29 is 27.8 Å². The fourth-order valence-electron chi connectivity index (χ4n) is 1.53. The molecular formula is C11H12F3NO3. The second kappa shape index (κ2) is 5.16. The maximum atomic E-state index is 12.2. The van der Waals surface area contributed by atoms with E-state index in [4.69, 9.17) is 10.8 Å². The SMILES string of the molecule is CCCc1ccc(C(=O)O)c(N)c1OC(F)(F)F. The number of carbonyl (C=O) groups is 1. The first-order valence-corrected chi connectivity index (χ1v) is 5.16. The van der Waals surface area contributed by atoms with Gasteiger partial charge in [-0.25, -0.2) is 4.79 Å². The Hall–Kier alpha value is -1.92. The average molecular weight is 263 g/mol. The summed E-state index contributed by atoms with van der Waals surface area (Å²) in [5, 5.41) is 8.79. The molecule has 1 aromatic rings. The molecule has 0 saturated carbocycles. The summed E-state index contributed by atoms with van der Waals surface area (Å²) >= 11 is 0. The monoisotopic (exact) mass is 263 g/mol. The number of nitrogens with two attached hydrogens (primary N) is 1. The molecule has 0 aliphatic carbocycles. The van der Waals surface area contributed by atoms with Gasteiger partial charge in [0.15, 0.2) is 5.75 Å². The van der Waals surface area contributed by atoms with Crippen molar-refractivity contribution in [1.82, 2.24) is 0 Å². The number of aryl methyl sites for hydroxylation is 1. The van der Waals surface area contributed by atoms with Gasteiger partial charge in [-0.15, -0.1) is 13.2 Å². The van der Waals surface area contributed by atoms with Gasteiger partial charge in [0.05, 0.1) is 11.3 Å². The fourth-order valence-corrected chi connectivity index (χ4v) is 1.53. The van der Waals surface area contributed by atoms with E-state index in [1.165, 1.54) is 12.1 Å². The minimum Gasteiger partial charge on any atom is -0.478 e. The molecule has 0 atom stereocenters. The maximum Gasteiger partial charge on any atom is 0.573 e. The molecule has 0 aliphatic heterocycles. The molecule has 1 rings (SSSR count). The molecule has 0 radical (unpaired) electrons. The quantitative estimate of drug-likeness (QED) is 0.819. The minimum absolute atomic E-state index is 0.234.